The van der Waals surface area contributed by atoms with E-state index in [1.807, 2.05) is 0 Å². The minimum Gasteiger partial charge on any atom is -0.500 e. The number of hydrogen-bond donors (Lipinski definition) is 2. The molecule has 86 valence electrons. The van der Waals surface area contributed by atoms with Crippen molar-refractivity contribution in [1.29, 1.82) is 0 Å². The second kappa shape index (κ2) is 3.56. The number of benzene rings is 1. The fourth-order valence-electron chi connectivity index (χ4n) is 0.973. The van der Waals surface area contributed by atoms with E-state index in [-0.39, 0.29) is 0 Å². The molecule has 0 saturated carbocycles. The average molecular weight is 236 g/mol. The van der Waals surface area contributed by atoms with Crippen LogP contribution in [0, 0.1) is 31.9 Å². The molecular formula is C6H2F2N2O6. The highest BCUT2D eigenvalue weighted by Crippen LogP contribution is 2.44. The van der Waals surface area contributed by atoms with E-state index in [9.17, 15) is 29.0 Å². The van der Waals surface area contributed by atoms with Crippen LogP contribution in [-0.4, -0.2) is 20.1 Å². The molecule has 0 aliphatic rings. The molecule has 8 nitrogen and oxygen atoms in total. The molecule has 16 heavy (non-hydrogen) atoms. The Kier molecular flexibility index (Phi) is 2.57. The van der Waals surface area contributed by atoms with Crippen molar-refractivity contribution in [2.24, 2.45) is 0 Å². The van der Waals surface area contributed by atoms with Crippen LogP contribution < -0.4 is 0 Å². The van der Waals surface area contributed by atoms with Gasteiger partial charge in [-0.25, -0.2) is 0 Å². The summed E-state index contributed by atoms with van der Waals surface area (Å²) in [5.41, 5.74) is -3.61. The molecule has 0 aliphatic carbocycles. The fourth-order valence-corrected chi connectivity index (χ4v) is 0.973. The van der Waals surface area contributed by atoms with Crippen LogP contribution in [0.5, 0.6) is 11.5 Å². The number of phenols is 2. The van der Waals surface area contributed by atoms with E-state index in [2.05, 4.69) is 0 Å². The number of nitrogens with zero attached hydrogens (tertiary/aromatic N) is 2. The Morgan fingerprint density at radius 1 is 0.875 bits per heavy atom. The van der Waals surface area contributed by atoms with Crippen LogP contribution in [0.25, 0.3) is 0 Å². The van der Waals surface area contributed by atoms with Crippen LogP contribution in [0.4, 0.5) is 20.2 Å². The molecule has 0 fully saturated rings. The number of hydrogen-bond acceptors (Lipinski definition) is 6. The summed E-state index contributed by atoms with van der Waals surface area (Å²) in [6, 6.07) is 0. The van der Waals surface area contributed by atoms with Crippen molar-refractivity contribution >= 4 is 11.4 Å². The number of rotatable bonds is 2. The van der Waals surface area contributed by atoms with E-state index < -0.39 is 44.4 Å². The largest absolute Gasteiger partial charge is 0.500 e. The summed E-state index contributed by atoms with van der Waals surface area (Å²) in [6.07, 6.45) is 0. The predicted octanol–water partition coefficient (Wildman–Crippen LogP) is 1.19. The van der Waals surface area contributed by atoms with Crippen LogP contribution in [0.2, 0.25) is 0 Å². The molecule has 0 atom stereocenters. The minimum absolute atomic E-state index is 1.54. The van der Waals surface area contributed by atoms with Gasteiger partial charge in [0.1, 0.15) is 0 Å². The Morgan fingerprint density at radius 2 is 1.19 bits per heavy atom. The lowest BCUT2D eigenvalue weighted by atomic mass is 10.2. The van der Waals surface area contributed by atoms with Crippen LogP contribution >= 0.6 is 0 Å². The van der Waals surface area contributed by atoms with Crippen molar-refractivity contribution < 1.29 is 28.8 Å². The van der Waals surface area contributed by atoms with Crippen LogP contribution in [0.3, 0.4) is 0 Å². The molecule has 0 heterocycles. The molecule has 0 amide bonds. The van der Waals surface area contributed by atoms with E-state index >= 15 is 0 Å². The molecule has 10 heteroatoms. The maximum Gasteiger partial charge on any atom is 0.356 e. The number of aromatic hydroxyl groups is 2. The Bertz CT molecular complexity index is 461. The Labute approximate surface area is 84.7 Å². The molecule has 1 aromatic rings. The molecule has 0 bridgehead atoms. The number of nitro benzene ring substituents is 2. The van der Waals surface area contributed by atoms with E-state index in [0.717, 1.165) is 0 Å². The fraction of sp³-hybridized carbons (Fsp3) is 0. The topological polar surface area (TPSA) is 127 Å². The van der Waals surface area contributed by atoms with Crippen molar-refractivity contribution in [2.75, 3.05) is 0 Å². The van der Waals surface area contributed by atoms with Gasteiger partial charge in [0.25, 0.3) is 5.82 Å². The molecular weight excluding hydrogens is 234 g/mol. The normalized spacial score (nSPS) is 10.1. The number of nitro groups is 2. The standard InChI is InChI=1S/C6H2F2N2O6/c7-1-3(9(13)14)5(11)2(8)6(12)4(1)10(15)16/h11-12H. The summed E-state index contributed by atoms with van der Waals surface area (Å²) >= 11 is 0. The van der Waals surface area contributed by atoms with Gasteiger partial charge in [-0.2, -0.15) is 8.78 Å². The maximum atomic E-state index is 13.1. The van der Waals surface area contributed by atoms with E-state index in [1.54, 1.807) is 0 Å². The van der Waals surface area contributed by atoms with Gasteiger partial charge in [0.15, 0.2) is 0 Å². The van der Waals surface area contributed by atoms with Crippen molar-refractivity contribution in [3.8, 4) is 11.5 Å². The third-order valence-corrected chi connectivity index (χ3v) is 1.65. The lowest BCUT2D eigenvalue weighted by molar-refractivity contribution is -0.400. The Morgan fingerprint density at radius 3 is 1.44 bits per heavy atom. The zero-order chi connectivity index (χ0) is 12.6. The van der Waals surface area contributed by atoms with Crippen LogP contribution in [0.1, 0.15) is 0 Å². The lowest BCUT2D eigenvalue weighted by Gasteiger charge is -2.02. The molecule has 1 aromatic carbocycles. The lowest BCUT2D eigenvalue weighted by Crippen LogP contribution is -2.01. The molecule has 0 saturated heterocycles. The SMILES string of the molecule is O=[N+]([O-])c1c(O)c(F)c(O)c([N+](=O)[O-])c1F. The summed E-state index contributed by atoms with van der Waals surface area (Å²) in [4.78, 5) is 17.3. The maximum absolute atomic E-state index is 13.1. The predicted molar refractivity (Wildman–Crippen MR) is 43.0 cm³/mol. The van der Waals surface area contributed by atoms with Gasteiger partial charge in [-0.3, -0.25) is 20.2 Å². The third kappa shape index (κ3) is 1.45. The molecule has 0 unspecified atom stereocenters. The van der Waals surface area contributed by atoms with Gasteiger partial charge in [-0.05, 0) is 0 Å². The van der Waals surface area contributed by atoms with Gasteiger partial charge in [0.05, 0.1) is 9.85 Å². The van der Waals surface area contributed by atoms with Crippen LogP contribution in [-0.2, 0) is 0 Å². The van der Waals surface area contributed by atoms with Crippen molar-refractivity contribution in [2.45, 2.75) is 0 Å². The Hall–Kier alpha value is -2.52. The van der Waals surface area contributed by atoms with Gasteiger partial charge in [0, 0.05) is 0 Å². The highest BCUT2D eigenvalue weighted by molar-refractivity contribution is 5.62. The van der Waals surface area contributed by atoms with Gasteiger partial charge in [-0.15, -0.1) is 0 Å². The van der Waals surface area contributed by atoms with Gasteiger partial charge >= 0.3 is 11.4 Å². The quantitative estimate of drug-likeness (QED) is 0.586. The molecule has 1 rings (SSSR count). The zero-order valence-electron chi connectivity index (χ0n) is 7.18. The van der Waals surface area contributed by atoms with Crippen LogP contribution in [0.15, 0.2) is 0 Å². The molecule has 2 N–H and O–H groups in total. The number of halogens is 2. The van der Waals surface area contributed by atoms with Crippen molar-refractivity contribution in [3.63, 3.8) is 0 Å². The molecule has 0 aromatic heterocycles. The average Bonchev–Trinajstić information content (AvgIpc) is 2.13. The summed E-state index contributed by atoms with van der Waals surface area (Å²) in [5, 5.41) is 38.0. The monoisotopic (exact) mass is 236 g/mol. The number of phenolic OH excluding ortho intramolecular Hbond substituents is 2. The van der Waals surface area contributed by atoms with Gasteiger partial charge in [0.2, 0.25) is 17.3 Å². The van der Waals surface area contributed by atoms with Crippen molar-refractivity contribution in [3.05, 3.63) is 31.9 Å². The summed E-state index contributed by atoms with van der Waals surface area (Å²) in [7, 11) is 0. The minimum atomic E-state index is -2.12. The smallest absolute Gasteiger partial charge is 0.356 e. The summed E-state index contributed by atoms with van der Waals surface area (Å²) in [5.74, 6) is -7.75. The molecule has 0 aliphatic heterocycles. The highest BCUT2D eigenvalue weighted by Gasteiger charge is 2.38. The first kappa shape index (κ1) is 11.6. The van der Waals surface area contributed by atoms with Gasteiger partial charge < -0.3 is 10.2 Å². The van der Waals surface area contributed by atoms with E-state index in [4.69, 9.17) is 10.2 Å². The van der Waals surface area contributed by atoms with Crippen molar-refractivity contribution in [1.82, 2.24) is 0 Å². The summed E-state index contributed by atoms with van der Waals surface area (Å²) < 4.78 is 26.0. The first-order valence-electron chi connectivity index (χ1n) is 3.50. The van der Waals surface area contributed by atoms with E-state index in [0.29, 0.717) is 0 Å². The summed E-state index contributed by atoms with van der Waals surface area (Å²) in [6.45, 7) is 0. The zero-order valence-corrected chi connectivity index (χ0v) is 7.18. The molecule has 0 radical (unpaired) electrons. The highest BCUT2D eigenvalue weighted by atomic mass is 19.1. The first-order valence-corrected chi connectivity index (χ1v) is 3.50. The first-order chi connectivity index (χ1) is 7.29. The third-order valence-electron chi connectivity index (χ3n) is 1.65. The van der Waals surface area contributed by atoms with Gasteiger partial charge in [-0.1, -0.05) is 0 Å². The Balaban J connectivity index is 3.80. The second-order valence-electron chi connectivity index (χ2n) is 2.54. The van der Waals surface area contributed by atoms with E-state index in [1.165, 1.54) is 0 Å². The molecule has 0 spiro atoms. The second-order valence-corrected chi connectivity index (χ2v) is 2.54.